The number of nitrogens with zero attached hydrogens (tertiary/aromatic N) is 1. The van der Waals surface area contributed by atoms with Crippen molar-refractivity contribution < 1.29 is 4.74 Å². The predicted octanol–water partition coefficient (Wildman–Crippen LogP) is 5.79. The number of aryl methyl sites for hydroxylation is 3. The van der Waals surface area contributed by atoms with Gasteiger partial charge in [0.1, 0.15) is 11.5 Å². The van der Waals surface area contributed by atoms with E-state index in [0.717, 1.165) is 52.4 Å². The highest BCUT2D eigenvalue weighted by atomic mass is 35.5. The number of aromatic nitrogens is 1. The van der Waals surface area contributed by atoms with Gasteiger partial charge in [0, 0.05) is 11.1 Å². The molecule has 0 spiro atoms. The summed E-state index contributed by atoms with van der Waals surface area (Å²) in [5.74, 6) is 1.65. The van der Waals surface area contributed by atoms with Gasteiger partial charge >= 0.3 is 0 Å². The lowest BCUT2D eigenvalue weighted by Gasteiger charge is -2.11. The number of hydrogen-bond donors (Lipinski definition) is 0. The van der Waals surface area contributed by atoms with Crippen molar-refractivity contribution in [2.24, 2.45) is 0 Å². The smallest absolute Gasteiger partial charge is 0.128 e. The van der Waals surface area contributed by atoms with Crippen LogP contribution in [0.2, 0.25) is 5.02 Å². The molecule has 3 aromatic rings. The Morgan fingerprint density at radius 3 is 2.52 bits per heavy atom. The van der Waals surface area contributed by atoms with E-state index in [2.05, 4.69) is 19.9 Å². The Labute approximate surface area is 141 Å². The van der Waals surface area contributed by atoms with Crippen molar-refractivity contribution in [1.82, 2.24) is 4.98 Å². The summed E-state index contributed by atoms with van der Waals surface area (Å²) in [4.78, 5) is 4.75. The first-order chi connectivity index (χ1) is 11.1. The Kier molecular flexibility index (Phi) is 3.50. The summed E-state index contributed by atoms with van der Waals surface area (Å²) in [5, 5.41) is 1.82. The predicted molar refractivity (Wildman–Crippen MR) is 94.8 cm³/mol. The fourth-order valence-corrected chi connectivity index (χ4v) is 3.73. The van der Waals surface area contributed by atoms with Gasteiger partial charge in [-0.15, -0.1) is 0 Å². The van der Waals surface area contributed by atoms with Gasteiger partial charge in [0.15, 0.2) is 0 Å². The maximum absolute atomic E-state index is 6.62. The molecule has 0 atom stereocenters. The van der Waals surface area contributed by atoms with Crippen molar-refractivity contribution in [3.05, 3.63) is 63.8 Å². The van der Waals surface area contributed by atoms with E-state index in [1.54, 1.807) is 0 Å². The van der Waals surface area contributed by atoms with Crippen LogP contribution in [0.25, 0.3) is 10.9 Å². The highest BCUT2D eigenvalue weighted by Crippen LogP contribution is 2.36. The van der Waals surface area contributed by atoms with Gasteiger partial charge < -0.3 is 4.74 Å². The number of benzene rings is 2. The lowest BCUT2D eigenvalue weighted by Crippen LogP contribution is -1.93. The maximum atomic E-state index is 6.62. The molecule has 0 fully saturated rings. The van der Waals surface area contributed by atoms with Gasteiger partial charge in [0.25, 0.3) is 0 Å². The molecule has 1 aliphatic carbocycles. The van der Waals surface area contributed by atoms with Gasteiger partial charge in [-0.2, -0.15) is 0 Å². The van der Waals surface area contributed by atoms with Crippen LogP contribution in [0.5, 0.6) is 11.5 Å². The molecule has 0 saturated heterocycles. The average Bonchev–Trinajstić information content (AvgIpc) is 2.96. The van der Waals surface area contributed by atoms with Gasteiger partial charge in [0.2, 0.25) is 0 Å². The summed E-state index contributed by atoms with van der Waals surface area (Å²) in [6.45, 7) is 4.15. The summed E-state index contributed by atoms with van der Waals surface area (Å²) in [6.07, 6.45) is 3.20. The number of pyridine rings is 1. The first-order valence-electron chi connectivity index (χ1n) is 7.97. The van der Waals surface area contributed by atoms with Gasteiger partial charge in [0.05, 0.1) is 10.5 Å². The molecular formula is C20H18ClNO. The largest absolute Gasteiger partial charge is 0.457 e. The first-order valence-corrected chi connectivity index (χ1v) is 8.35. The fraction of sp³-hybridized carbons (Fsp3) is 0.250. The highest BCUT2D eigenvalue weighted by Gasteiger charge is 2.18. The Morgan fingerprint density at radius 2 is 1.74 bits per heavy atom. The Morgan fingerprint density at radius 1 is 0.957 bits per heavy atom. The molecule has 3 heteroatoms. The van der Waals surface area contributed by atoms with Gasteiger partial charge in [-0.1, -0.05) is 17.7 Å². The van der Waals surface area contributed by atoms with Crippen molar-refractivity contribution in [1.29, 1.82) is 0 Å². The second-order valence-electron chi connectivity index (χ2n) is 6.31. The summed E-state index contributed by atoms with van der Waals surface area (Å²) in [7, 11) is 0. The van der Waals surface area contributed by atoms with E-state index in [1.165, 1.54) is 16.7 Å². The van der Waals surface area contributed by atoms with Crippen molar-refractivity contribution >= 4 is 22.5 Å². The summed E-state index contributed by atoms with van der Waals surface area (Å²) in [6, 6.07) is 12.2. The second-order valence-corrected chi connectivity index (χ2v) is 6.69. The maximum Gasteiger partial charge on any atom is 0.128 e. The van der Waals surface area contributed by atoms with E-state index in [1.807, 2.05) is 30.3 Å². The highest BCUT2D eigenvalue weighted by molar-refractivity contribution is 6.36. The van der Waals surface area contributed by atoms with Crippen LogP contribution in [0.15, 0.2) is 36.4 Å². The van der Waals surface area contributed by atoms with Gasteiger partial charge in [-0.3, -0.25) is 4.98 Å². The fourth-order valence-electron chi connectivity index (χ4n) is 3.38. The van der Waals surface area contributed by atoms with Crippen molar-refractivity contribution in [3.63, 3.8) is 0 Å². The molecule has 0 unspecified atom stereocenters. The normalized spacial score (nSPS) is 13.3. The van der Waals surface area contributed by atoms with Crippen LogP contribution >= 0.6 is 11.6 Å². The Balaban J connectivity index is 1.77. The quantitative estimate of drug-likeness (QED) is 0.595. The van der Waals surface area contributed by atoms with Gasteiger partial charge in [-0.25, -0.2) is 0 Å². The van der Waals surface area contributed by atoms with E-state index < -0.39 is 0 Å². The minimum Gasteiger partial charge on any atom is -0.457 e. The number of rotatable bonds is 2. The summed E-state index contributed by atoms with van der Waals surface area (Å²) >= 11 is 6.62. The van der Waals surface area contributed by atoms with Crippen LogP contribution in [0.1, 0.15) is 28.8 Å². The van der Waals surface area contributed by atoms with Crippen LogP contribution in [0.3, 0.4) is 0 Å². The minimum atomic E-state index is 0.796. The number of halogens is 1. The molecule has 2 aromatic carbocycles. The van der Waals surface area contributed by atoms with Crippen LogP contribution < -0.4 is 4.74 Å². The van der Waals surface area contributed by atoms with E-state index >= 15 is 0 Å². The van der Waals surface area contributed by atoms with Crippen molar-refractivity contribution in [3.8, 4) is 11.5 Å². The minimum absolute atomic E-state index is 0.796. The molecular weight excluding hydrogens is 306 g/mol. The zero-order valence-corrected chi connectivity index (χ0v) is 14.1. The molecule has 0 radical (unpaired) electrons. The first kappa shape index (κ1) is 14.5. The molecule has 0 aliphatic heterocycles. The summed E-state index contributed by atoms with van der Waals surface area (Å²) in [5.41, 5.74) is 5.70. The molecule has 4 rings (SSSR count). The van der Waals surface area contributed by atoms with E-state index in [9.17, 15) is 0 Å². The standard InChI is InChI=1S/C20H18ClNO/c1-12-8-13(2)10-15(9-12)23-14-6-7-19-17(11-14)20(21)16-4-3-5-18(16)22-19/h6-11H,3-5H2,1-2H3. The lowest BCUT2D eigenvalue weighted by atomic mass is 10.1. The number of ether oxygens (including phenoxy) is 1. The molecule has 2 nitrogen and oxygen atoms in total. The third-order valence-corrected chi connectivity index (χ3v) is 4.78. The topological polar surface area (TPSA) is 22.1 Å². The van der Waals surface area contributed by atoms with E-state index in [4.69, 9.17) is 21.3 Å². The molecule has 116 valence electrons. The van der Waals surface area contributed by atoms with E-state index in [-0.39, 0.29) is 0 Å². The molecule has 1 heterocycles. The molecule has 1 aliphatic rings. The number of hydrogen-bond acceptors (Lipinski definition) is 2. The molecule has 0 N–H and O–H groups in total. The second kappa shape index (κ2) is 5.54. The molecule has 0 amide bonds. The SMILES string of the molecule is Cc1cc(C)cc(Oc2ccc3nc4c(c(Cl)c3c2)CCC4)c1. The monoisotopic (exact) mass is 323 g/mol. The number of fused-ring (bicyclic) bond motifs is 2. The van der Waals surface area contributed by atoms with Crippen molar-refractivity contribution in [2.45, 2.75) is 33.1 Å². The van der Waals surface area contributed by atoms with E-state index in [0.29, 0.717) is 0 Å². The van der Waals surface area contributed by atoms with Crippen molar-refractivity contribution in [2.75, 3.05) is 0 Å². The third-order valence-electron chi connectivity index (χ3n) is 4.34. The van der Waals surface area contributed by atoms with Crippen LogP contribution in [0, 0.1) is 13.8 Å². The zero-order chi connectivity index (χ0) is 16.0. The van der Waals surface area contributed by atoms with Crippen LogP contribution in [-0.4, -0.2) is 4.98 Å². The third kappa shape index (κ3) is 2.68. The molecule has 0 saturated carbocycles. The lowest BCUT2D eigenvalue weighted by molar-refractivity contribution is 0.482. The molecule has 1 aromatic heterocycles. The average molecular weight is 324 g/mol. The Bertz CT molecular complexity index is 897. The summed E-state index contributed by atoms with van der Waals surface area (Å²) < 4.78 is 6.04. The van der Waals surface area contributed by atoms with Crippen LogP contribution in [0.4, 0.5) is 0 Å². The molecule has 23 heavy (non-hydrogen) atoms. The Hall–Kier alpha value is -2.06. The molecule has 0 bridgehead atoms. The van der Waals surface area contributed by atoms with Crippen LogP contribution in [-0.2, 0) is 12.8 Å². The van der Waals surface area contributed by atoms with Gasteiger partial charge in [-0.05, 0) is 80.1 Å². The zero-order valence-electron chi connectivity index (χ0n) is 13.3.